The fraction of sp³-hybridized carbons (Fsp3) is 0.0667. The monoisotopic (exact) mass is 384 g/mol. The number of fused-ring (bicyclic) bond motifs is 1. The van der Waals surface area contributed by atoms with Gasteiger partial charge in [0.25, 0.3) is 5.91 Å². The second-order valence-electron chi connectivity index (χ2n) is 4.77. The van der Waals surface area contributed by atoms with Gasteiger partial charge < -0.3 is 0 Å². The molecule has 3 N–H and O–H groups in total. The molecule has 2 aromatic carbocycles. The molecule has 0 saturated heterocycles. The number of carbonyl (C=O) groups is 1. The smallest absolute Gasteiger partial charge is 0.266 e. The Morgan fingerprint density at radius 3 is 2.28 bits per heavy atom. The van der Waals surface area contributed by atoms with Crippen molar-refractivity contribution in [3.8, 4) is 0 Å². The lowest BCUT2D eigenvalue weighted by atomic mass is 10.2. The number of hydrazine groups is 1. The largest absolute Gasteiger partial charge is 0.317 e. The molecule has 0 spiro atoms. The number of nitrogens with one attached hydrogen (secondary N) is 2. The molecule has 1 heterocycles. The average molecular weight is 385 g/mol. The molecule has 25 heavy (non-hydrogen) atoms. The number of carbonyl (C=O) groups excluding carboxylic acids is 1. The number of halogens is 1. The Labute approximate surface area is 149 Å². The number of amides is 1. The number of hydrogen-bond donors (Lipinski definition) is 3. The van der Waals surface area contributed by atoms with Gasteiger partial charge in [0, 0.05) is 17.1 Å². The second kappa shape index (κ2) is 8.21. The summed E-state index contributed by atoms with van der Waals surface area (Å²) in [5.41, 5.74) is 6.37. The lowest BCUT2D eigenvalue weighted by Gasteiger charge is -2.03. The van der Waals surface area contributed by atoms with Gasteiger partial charge in [0.05, 0.1) is 32.0 Å². The highest BCUT2D eigenvalue weighted by molar-refractivity contribution is 7.09. The first-order chi connectivity index (χ1) is 11.8. The number of rotatable bonds is 3. The molecular weight excluding hydrogens is 370 g/mol. The Hall–Kier alpha value is -2.27. The van der Waals surface area contributed by atoms with Crippen LogP contribution in [0.3, 0.4) is 0 Å². The van der Waals surface area contributed by atoms with E-state index in [-0.39, 0.29) is 5.91 Å². The molecule has 0 radical (unpaired) electrons. The van der Waals surface area contributed by atoms with Gasteiger partial charge in [-0.1, -0.05) is 30.3 Å². The summed E-state index contributed by atoms with van der Waals surface area (Å²) in [5.74, 6) is 0.732. The fourth-order valence-electron chi connectivity index (χ4n) is 2.03. The molecule has 1 aromatic heterocycles. The molecule has 10 heteroatoms. The van der Waals surface area contributed by atoms with Crippen molar-refractivity contribution in [1.82, 2.24) is 5.43 Å². The van der Waals surface area contributed by atoms with Crippen molar-refractivity contribution >= 4 is 33.3 Å². The molecule has 3 aromatic rings. The molecular formula is C15H15ClN3O5S+. The van der Waals surface area contributed by atoms with Crippen LogP contribution in [0, 0.1) is 10.2 Å². The van der Waals surface area contributed by atoms with Crippen LogP contribution in [0.25, 0.3) is 10.1 Å². The van der Waals surface area contributed by atoms with Gasteiger partial charge in [-0.3, -0.25) is 4.79 Å². The zero-order valence-corrected chi connectivity index (χ0v) is 14.6. The first-order valence-electron chi connectivity index (χ1n) is 6.88. The summed E-state index contributed by atoms with van der Waals surface area (Å²) in [7, 11) is -2.73. The number of aryl methyl sites for hydroxylation is 1. The maximum atomic E-state index is 12.0. The average Bonchev–Trinajstić information content (AvgIpc) is 2.87. The summed E-state index contributed by atoms with van der Waals surface area (Å²) in [6, 6.07) is 17.2. The Bertz CT molecular complexity index is 845. The van der Waals surface area contributed by atoms with Gasteiger partial charge in [0.15, 0.2) is 0 Å². The lowest BCUT2D eigenvalue weighted by molar-refractivity contribution is -1.92. The summed E-state index contributed by atoms with van der Waals surface area (Å²) >= 11 is 1.63. The highest BCUT2D eigenvalue weighted by Gasteiger charge is 2.17. The molecule has 0 bridgehead atoms. The van der Waals surface area contributed by atoms with E-state index in [4.69, 9.17) is 18.6 Å². The predicted octanol–water partition coefficient (Wildman–Crippen LogP) is -1.64. The van der Waals surface area contributed by atoms with E-state index < -0.39 is 10.2 Å². The van der Waals surface area contributed by atoms with Crippen LogP contribution in [-0.4, -0.2) is 10.6 Å². The molecule has 0 atom stereocenters. The van der Waals surface area contributed by atoms with E-state index in [2.05, 4.69) is 16.9 Å². The normalized spacial score (nSPS) is 10.8. The van der Waals surface area contributed by atoms with Crippen molar-refractivity contribution in [1.29, 1.82) is 0 Å². The molecule has 0 aliphatic carbocycles. The maximum Gasteiger partial charge on any atom is 0.317 e. The van der Waals surface area contributed by atoms with E-state index in [9.17, 15) is 4.79 Å². The standard InChI is InChI=1S/C15H13N3OS.ClHO4/c1-18-14(12-9-5-6-10-13(12)20-18)16-17-15(19)11-7-3-2-4-8-11;2-1(3,4)5/h2-10H,1H3,(H,17,19);(H,2,3,4,5)/p+1. The Morgan fingerprint density at radius 2 is 1.64 bits per heavy atom. The number of benzene rings is 2. The first-order valence-corrected chi connectivity index (χ1v) is 8.92. The summed E-state index contributed by atoms with van der Waals surface area (Å²) < 4.78 is 35.9. The van der Waals surface area contributed by atoms with E-state index >= 15 is 0 Å². The zero-order valence-electron chi connectivity index (χ0n) is 13.0. The van der Waals surface area contributed by atoms with Crippen molar-refractivity contribution in [2.75, 3.05) is 5.43 Å². The van der Waals surface area contributed by atoms with Gasteiger partial charge in [-0.05, 0) is 24.3 Å². The predicted molar refractivity (Wildman–Crippen MR) is 82.8 cm³/mol. The van der Waals surface area contributed by atoms with Gasteiger partial charge >= 0.3 is 5.82 Å². The highest BCUT2D eigenvalue weighted by atomic mass is 35.7. The molecule has 0 fully saturated rings. The van der Waals surface area contributed by atoms with E-state index in [0.29, 0.717) is 5.56 Å². The third kappa shape index (κ3) is 5.94. The fourth-order valence-corrected chi connectivity index (χ4v) is 2.96. The van der Waals surface area contributed by atoms with Crippen molar-refractivity contribution in [3.05, 3.63) is 60.2 Å². The quantitative estimate of drug-likeness (QED) is 0.366. The van der Waals surface area contributed by atoms with Crippen LogP contribution in [0.15, 0.2) is 54.6 Å². The summed E-state index contributed by atoms with van der Waals surface area (Å²) in [5, 5.41) is 1.09. The summed E-state index contributed by atoms with van der Waals surface area (Å²) in [6.07, 6.45) is 0. The van der Waals surface area contributed by atoms with E-state index in [1.165, 1.54) is 4.70 Å². The topological polar surface area (TPSA) is 134 Å². The number of hydrogen-bond acceptors (Lipinski definition) is 7. The van der Waals surface area contributed by atoms with E-state index in [1.54, 1.807) is 23.7 Å². The minimum Gasteiger partial charge on any atom is -0.266 e. The van der Waals surface area contributed by atoms with Gasteiger partial charge in [-0.25, -0.2) is 0 Å². The van der Waals surface area contributed by atoms with Crippen molar-refractivity contribution in [2.24, 2.45) is 7.05 Å². The molecule has 3 rings (SSSR count). The molecule has 0 aliphatic rings. The lowest BCUT2D eigenvalue weighted by Crippen LogP contribution is -2.58. The third-order valence-corrected chi connectivity index (χ3v) is 4.03. The van der Waals surface area contributed by atoms with Crippen LogP contribution in [0.2, 0.25) is 0 Å². The second-order valence-corrected chi connectivity index (χ2v) is 6.74. The van der Waals surface area contributed by atoms with Gasteiger partial charge in [-0.2, -0.15) is 28.8 Å². The van der Waals surface area contributed by atoms with Crippen LogP contribution < -0.4 is 28.8 Å². The van der Waals surface area contributed by atoms with Crippen LogP contribution in [0.4, 0.5) is 5.82 Å². The minimum atomic E-state index is -4.69. The summed E-state index contributed by atoms with van der Waals surface area (Å²) in [6.45, 7) is 0. The number of anilines is 1. The minimum absolute atomic E-state index is 0.152. The summed E-state index contributed by atoms with van der Waals surface area (Å²) in [4.78, 5) is 12.0. The zero-order chi connectivity index (χ0) is 18.4. The first kappa shape index (κ1) is 19.1. The van der Waals surface area contributed by atoms with E-state index in [0.717, 1.165) is 11.2 Å². The van der Waals surface area contributed by atoms with Crippen LogP contribution >= 0.6 is 11.5 Å². The molecule has 1 amide bonds. The third-order valence-electron chi connectivity index (χ3n) is 3.02. The van der Waals surface area contributed by atoms with Crippen LogP contribution in [0.5, 0.6) is 0 Å². The number of nitrogens with zero attached hydrogens (tertiary/aromatic N) is 1. The van der Waals surface area contributed by atoms with Crippen molar-refractivity contribution in [2.45, 2.75) is 0 Å². The van der Waals surface area contributed by atoms with Gasteiger partial charge in [0.2, 0.25) is 0 Å². The molecule has 8 nitrogen and oxygen atoms in total. The number of aromatic nitrogens is 1. The Balaban J connectivity index is 0.000000399. The maximum absolute atomic E-state index is 12.0. The molecule has 0 aliphatic heterocycles. The molecule has 0 saturated carbocycles. The van der Waals surface area contributed by atoms with Crippen LogP contribution in [0.1, 0.15) is 10.4 Å². The SMILES string of the molecule is C[n+]1sc2ccccc2c1NNC(=O)c1ccccc1.[O-][Cl+3]([O-])([O-])O. The van der Waals surface area contributed by atoms with Crippen molar-refractivity contribution in [3.63, 3.8) is 0 Å². The van der Waals surface area contributed by atoms with E-state index in [1.807, 2.05) is 47.4 Å². The molecule has 132 valence electrons. The van der Waals surface area contributed by atoms with Crippen molar-refractivity contribution < 1.29 is 37.6 Å². The Morgan fingerprint density at radius 1 is 1.08 bits per heavy atom. The van der Waals surface area contributed by atoms with Gasteiger partial charge in [-0.15, -0.1) is 0 Å². The van der Waals surface area contributed by atoms with Crippen LogP contribution in [-0.2, 0) is 7.05 Å². The Kier molecular flexibility index (Phi) is 6.26. The van der Waals surface area contributed by atoms with Gasteiger partial charge in [0.1, 0.15) is 0 Å². The highest BCUT2D eigenvalue weighted by Crippen LogP contribution is 2.23. The molecule has 0 unspecified atom stereocenters.